The molecule has 0 radical (unpaired) electrons. The Bertz CT molecular complexity index is 1290. The number of aryl methyl sites for hydroxylation is 1. The van der Waals surface area contributed by atoms with E-state index in [-0.39, 0.29) is 22.1 Å². The fourth-order valence-corrected chi connectivity index (χ4v) is 8.11. The molecule has 1 N–H and O–H groups in total. The summed E-state index contributed by atoms with van der Waals surface area (Å²) in [5.74, 6) is 0.667. The van der Waals surface area contributed by atoms with E-state index in [1.54, 1.807) is 12.1 Å². The number of carbonyl (C=O) groups is 1. The zero-order valence-corrected chi connectivity index (χ0v) is 26.4. The topological polar surface area (TPSA) is 59.0 Å². The van der Waals surface area contributed by atoms with Crippen LogP contribution in [0.1, 0.15) is 67.9 Å². The van der Waals surface area contributed by atoms with Crippen molar-refractivity contribution < 1.29 is 19.1 Å². The highest BCUT2D eigenvalue weighted by Gasteiger charge is 2.46. The average Bonchev–Trinajstić information content (AvgIpc) is 3.02. The van der Waals surface area contributed by atoms with E-state index in [0.29, 0.717) is 18.4 Å². The molecule has 1 heterocycles. The van der Waals surface area contributed by atoms with E-state index in [0.717, 1.165) is 61.7 Å². The Hall–Kier alpha value is -2.28. The Labute approximate surface area is 245 Å². The van der Waals surface area contributed by atoms with E-state index in [9.17, 15) is 9.90 Å². The van der Waals surface area contributed by atoms with Crippen LogP contribution in [0.2, 0.25) is 23.2 Å². The summed E-state index contributed by atoms with van der Waals surface area (Å²) in [6.45, 7) is 17.8. The van der Waals surface area contributed by atoms with Crippen LogP contribution in [0.5, 0.6) is 5.75 Å². The molecular weight excluding hydrogens is 538 g/mol. The van der Waals surface area contributed by atoms with Gasteiger partial charge in [0.1, 0.15) is 5.75 Å². The van der Waals surface area contributed by atoms with E-state index in [1.807, 2.05) is 18.2 Å². The molecule has 4 atom stereocenters. The van der Waals surface area contributed by atoms with Crippen molar-refractivity contribution in [2.24, 2.45) is 11.8 Å². The summed E-state index contributed by atoms with van der Waals surface area (Å²) < 4.78 is 13.4. The Morgan fingerprint density at radius 2 is 2.05 bits per heavy atom. The Morgan fingerprint density at radius 3 is 2.70 bits per heavy atom. The van der Waals surface area contributed by atoms with Crippen LogP contribution in [-0.2, 0) is 16.3 Å². The molecule has 5 nitrogen and oxygen atoms in total. The number of carboxylic acids is 1. The van der Waals surface area contributed by atoms with Gasteiger partial charge in [0.15, 0.2) is 8.32 Å². The Morgan fingerprint density at radius 1 is 1.27 bits per heavy atom. The van der Waals surface area contributed by atoms with Crippen molar-refractivity contribution in [1.29, 1.82) is 0 Å². The number of hydrogen-bond acceptors (Lipinski definition) is 4. The lowest BCUT2D eigenvalue weighted by Gasteiger charge is -2.48. The first kappa shape index (κ1) is 29.2. The maximum absolute atomic E-state index is 12.0. The predicted molar refractivity (Wildman–Crippen MR) is 166 cm³/mol. The number of carboxylic acid groups (broad SMARTS) is 1. The van der Waals surface area contributed by atoms with Crippen molar-refractivity contribution in [3.8, 4) is 5.75 Å². The van der Waals surface area contributed by atoms with E-state index in [1.165, 1.54) is 11.1 Å². The van der Waals surface area contributed by atoms with Gasteiger partial charge in [0, 0.05) is 23.5 Å². The smallest absolute Gasteiger partial charge is 0.335 e. The molecule has 1 spiro atoms. The number of hydrogen-bond donors (Lipinski definition) is 1. The fraction of sp³-hybridized carbons (Fsp3) is 0.545. The molecule has 1 unspecified atom stereocenters. The van der Waals surface area contributed by atoms with E-state index >= 15 is 0 Å². The van der Waals surface area contributed by atoms with Crippen LogP contribution in [-0.4, -0.2) is 45.2 Å². The molecule has 0 saturated heterocycles. The first-order valence-electron chi connectivity index (χ1n) is 14.7. The molecule has 0 amide bonds. The lowest BCUT2D eigenvalue weighted by atomic mass is 9.68. The lowest BCUT2D eigenvalue weighted by Crippen LogP contribution is -2.52. The Balaban J connectivity index is 1.48. The number of anilines is 1. The van der Waals surface area contributed by atoms with E-state index in [2.05, 4.69) is 57.5 Å². The molecule has 0 bridgehead atoms. The zero-order chi connectivity index (χ0) is 28.9. The number of aromatic carboxylic acids is 1. The van der Waals surface area contributed by atoms with Crippen LogP contribution in [0.15, 0.2) is 49.1 Å². The summed E-state index contributed by atoms with van der Waals surface area (Å²) in [6, 6.07) is 11.6. The quantitative estimate of drug-likeness (QED) is 0.264. The summed E-state index contributed by atoms with van der Waals surface area (Å²) >= 11 is 6.40. The van der Waals surface area contributed by atoms with Crippen molar-refractivity contribution in [3.05, 3.63) is 70.8 Å². The second kappa shape index (κ2) is 10.8. The summed E-state index contributed by atoms with van der Waals surface area (Å²) in [5.41, 5.74) is 3.60. The molecule has 5 rings (SSSR count). The first-order valence-corrected chi connectivity index (χ1v) is 18.0. The van der Waals surface area contributed by atoms with Gasteiger partial charge in [-0.2, -0.15) is 0 Å². The van der Waals surface area contributed by atoms with Crippen molar-refractivity contribution >= 4 is 31.6 Å². The number of nitrogens with zero attached hydrogens (tertiary/aromatic N) is 1. The molecule has 1 fully saturated rings. The Kier molecular flexibility index (Phi) is 7.92. The molecule has 2 aliphatic carbocycles. The highest BCUT2D eigenvalue weighted by molar-refractivity contribution is 6.74. The van der Waals surface area contributed by atoms with Crippen LogP contribution < -0.4 is 9.64 Å². The molecular formula is C33H44ClNO4Si. The van der Waals surface area contributed by atoms with Gasteiger partial charge < -0.3 is 19.2 Å². The van der Waals surface area contributed by atoms with Crippen LogP contribution >= 0.6 is 11.6 Å². The van der Waals surface area contributed by atoms with Crippen LogP contribution in [0.25, 0.3) is 0 Å². The average molecular weight is 582 g/mol. The first-order chi connectivity index (χ1) is 18.8. The minimum atomic E-state index is -1.96. The molecule has 1 saturated carbocycles. The SMILES string of the molecule is C=C[C@H](O[Si](C)(C)C(C)(C)C)[C@@H]1CC[C@H]1CN1CC2(CCCc3cc(Cl)ccc32)COc2ccc(C(=O)O)cc21. The highest BCUT2D eigenvalue weighted by atomic mass is 35.5. The minimum absolute atomic E-state index is 0.0270. The zero-order valence-electron chi connectivity index (χ0n) is 24.6. The van der Waals surface area contributed by atoms with Gasteiger partial charge in [-0.15, -0.1) is 6.58 Å². The van der Waals surface area contributed by atoms with E-state index in [4.69, 9.17) is 20.8 Å². The number of rotatable bonds is 7. The van der Waals surface area contributed by atoms with Gasteiger partial charge in [0.2, 0.25) is 0 Å². The standard InChI is InChI=1S/C33H44ClNO4Si/c1-7-29(39-40(5,6)32(2,3)4)26-13-10-24(26)19-35-20-33(16-8-9-22-17-25(34)12-14-27(22)33)21-38-30-15-11-23(31(36)37)18-28(30)35/h7,11-12,14-15,17-18,24,26,29H,1,8-10,13,16,19-21H2,2-6H3,(H,36,37)/t24-,26+,29-,33?/m0/s1. The second-order valence-corrected chi connectivity index (χ2v) is 18.9. The predicted octanol–water partition coefficient (Wildman–Crippen LogP) is 8.11. The molecule has 2 aromatic carbocycles. The van der Waals surface area contributed by atoms with Crippen LogP contribution in [0.4, 0.5) is 5.69 Å². The summed E-state index contributed by atoms with van der Waals surface area (Å²) in [6.07, 6.45) is 7.41. The van der Waals surface area contributed by atoms with Crippen LogP contribution in [0, 0.1) is 11.8 Å². The molecule has 7 heteroatoms. The van der Waals surface area contributed by atoms with Crippen molar-refractivity contribution in [1.82, 2.24) is 0 Å². The van der Waals surface area contributed by atoms with Crippen molar-refractivity contribution in [2.45, 2.75) is 82.5 Å². The summed E-state index contributed by atoms with van der Waals surface area (Å²) in [4.78, 5) is 14.4. The van der Waals surface area contributed by atoms with Gasteiger partial charge in [0.25, 0.3) is 0 Å². The third-order valence-corrected chi connectivity index (χ3v) is 14.8. The maximum Gasteiger partial charge on any atom is 0.335 e. The fourth-order valence-electron chi connectivity index (χ4n) is 6.61. The number of ether oxygens (including phenoxy) is 1. The molecule has 3 aliphatic rings. The molecule has 2 aromatic rings. The van der Waals surface area contributed by atoms with Gasteiger partial charge in [-0.05, 0) is 104 Å². The molecule has 40 heavy (non-hydrogen) atoms. The third kappa shape index (κ3) is 5.47. The number of halogens is 1. The summed E-state index contributed by atoms with van der Waals surface area (Å²) in [7, 11) is -1.96. The molecule has 216 valence electrons. The monoisotopic (exact) mass is 581 g/mol. The highest BCUT2D eigenvalue weighted by Crippen LogP contribution is 2.48. The maximum atomic E-state index is 12.0. The van der Waals surface area contributed by atoms with Gasteiger partial charge in [-0.1, -0.05) is 44.5 Å². The van der Waals surface area contributed by atoms with Gasteiger partial charge in [-0.3, -0.25) is 0 Å². The second-order valence-electron chi connectivity index (χ2n) is 13.7. The number of fused-ring (bicyclic) bond motifs is 3. The lowest BCUT2D eigenvalue weighted by molar-refractivity contribution is 0.0528. The van der Waals surface area contributed by atoms with Crippen LogP contribution in [0.3, 0.4) is 0 Å². The van der Waals surface area contributed by atoms with Crippen molar-refractivity contribution in [2.75, 3.05) is 24.6 Å². The minimum Gasteiger partial charge on any atom is -0.490 e. The van der Waals surface area contributed by atoms with Gasteiger partial charge >= 0.3 is 5.97 Å². The normalized spacial score (nSPS) is 25.2. The third-order valence-electron chi connectivity index (χ3n) is 10.1. The largest absolute Gasteiger partial charge is 0.490 e. The summed E-state index contributed by atoms with van der Waals surface area (Å²) in [5, 5.41) is 10.7. The molecule has 1 aliphatic heterocycles. The molecule has 0 aromatic heterocycles. The number of benzene rings is 2. The van der Waals surface area contributed by atoms with Gasteiger partial charge in [0.05, 0.1) is 24.0 Å². The van der Waals surface area contributed by atoms with Crippen molar-refractivity contribution in [3.63, 3.8) is 0 Å². The van der Waals surface area contributed by atoms with Gasteiger partial charge in [-0.25, -0.2) is 4.79 Å². The van der Waals surface area contributed by atoms with E-state index < -0.39 is 14.3 Å².